The van der Waals surface area contributed by atoms with Crippen molar-refractivity contribution >= 4 is 11.9 Å². The van der Waals surface area contributed by atoms with E-state index in [1.54, 1.807) is 4.90 Å². The summed E-state index contributed by atoms with van der Waals surface area (Å²) in [7, 11) is 0. The third-order valence-electron chi connectivity index (χ3n) is 3.90. The molecule has 2 N–H and O–H groups in total. The van der Waals surface area contributed by atoms with Gasteiger partial charge in [0.2, 0.25) is 0 Å². The lowest BCUT2D eigenvalue weighted by Gasteiger charge is -2.22. The molecule has 1 fully saturated rings. The number of aliphatic carboxylic acids is 1. The Morgan fingerprint density at radius 1 is 1.25 bits per heavy atom. The first-order valence-electron chi connectivity index (χ1n) is 7.00. The largest absolute Gasteiger partial charge is 0.481 e. The minimum Gasteiger partial charge on any atom is -0.481 e. The van der Waals surface area contributed by atoms with E-state index in [9.17, 15) is 9.59 Å². The molecule has 0 bridgehead atoms. The molecule has 1 heterocycles. The lowest BCUT2D eigenvalue weighted by atomic mass is 10.1. The van der Waals surface area contributed by atoms with Crippen molar-refractivity contribution < 1.29 is 14.7 Å². The van der Waals surface area contributed by atoms with Gasteiger partial charge in [-0.3, -0.25) is 9.59 Å². The second-order valence-corrected chi connectivity index (χ2v) is 5.46. The number of nitrogens with one attached hydrogen (secondary N) is 1. The number of carbonyl (C=O) groups is 2. The van der Waals surface area contributed by atoms with Crippen LogP contribution in [0.1, 0.15) is 40.7 Å². The van der Waals surface area contributed by atoms with E-state index in [1.165, 1.54) is 11.1 Å². The maximum Gasteiger partial charge on any atom is 0.305 e. The molecule has 0 radical (unpaired) electrons. The summed E-state index contributed by atoms with van der Waals surface area (Å²) in [5.74, 6) is -0.898. The van der Waals surface area contributed by atoms with Crippen molar-refractivity contribution in [2.45, 2.75) is 38.4 Å². The van der Waals surface area contributed by atoms with Gasteiger partial charge < -0.3 is 15.3 Å². The molecular weight excluding hydrogens is 256 g/mol. The van der Waals surface area contributed by atoms with Gasteiger partial charge in [0, 0.05) is 31.2 Å². The molecule has 0 spiro atoms. The number of benzene rings is 1. The van der Waals surface area contributed by atoms with Gasteiger partial charge in [0.15, 0.2) is 0 Å². The van der Waals surface area contributed by atoms with Crippen LogP contribution in [0.25, 0.3) is 0 Å². The summed E-state index contributed by atoms with van der Waals surface area (Å²) >= 11 is 0. The van der Waals surface area contributed by atoms with E-state index >= 15 is 0 Å². The van der Waals surface area contributed by atoms with Gasteiger partial charge in [0.05, 0.1) is 6.42 Å². The van der Waals surface area contributed by atoms with Crippen molar-refractivity contribution in [1.29, 1.82) is 0 Å². The molecule has 5 nitrogen and oxygen atoms in total. The zero-order chi connectivity index (χ0) is 14.1. The molecule has 106 valence electrons. The maximum atomic E-state index is 12.6. The lowest BCUT2D eigenvalue weighted by Crippen LogP contribution is -2.35. The molecule has 1 aromatic rings. The Morgan fingerprint density at radius 3 is 2.70 bits per heavy atom. The number of amides is 1. The smallest absolute Gasteiger partial charge is 0.305 e. The molecule has 20 heavy (non-hydrogen) atoms. The van der Waals surface area contributed by atoms with Crippen molar-refractivity contribution in [3.8, 4) is 0 Å². The van der Waals surface area contributed by atoms with E-state index in [1.807, 2.05) is 18.2 Å². The van der Waals surface area contributed by atoms with Gasteiger partial charge in [-0.15, -0.1) is 0 Å². The molecule has 0 saturated heterocycles. The van der Waals surface area contributed by atoms with Crippen molar-refractivity contribution in [3.63, 3.8) is 0 Å². The molecule has 0 unspecified atom stereocenters. The first-order chi connectivity index (χ1) is 9.65. The van der Waals surface area contributed by atoms with Crippen LogP contribution < -0.4 is 5.32 Å². The summed E-state index contributed by atoms with van der Waals surface area (Å²) in [5, 5.41) is 12.1. The molecule has 1 aliphatic heterocycles. The van der Waals surface area contributed by atoms with Gasteiger partial charge in [0.1, 0.15) is 0 Å². The van der Waals surface area contributed by atoms with E-state index in [-0.39, 0.29) is 18.4 Å². The van der Waals surface area contributed by atoms with Crippen molar-refractivity contribution in [1.82, 2.24) is 10.2 Å². The highest BCUT2D eigenvalue weighted by atomic mass is 16.4. The van der Waals surface area contributed by atoms with E-state index in [0.717, 1.165) is 25.9 Å². The van der Waals surface area contributed by atoms with Gasteiger partial charge in [-0.05, 0) is 36.1 Å². The highest BCUT2D eigenvalue weighted by Gasteiger charge is 2.33. The summed E-state index contributed by atoms with van der Waals surface area (Å²) < 4.78 is 0. The number of fused-ring (bicyclic) bond motifs is 1. The minimum absolute atomic E-state index is 0.00867. The maximum absolute atomic E-state index is 12.6. The van der Waals surface area contributed by atoms with Crippen LogP contribution in [0.2, 0.25) is 0 Å². The van der Waals surface area contributed by atoms with Crippen LogP contribution in [-0.2, 0) is 17.9 Å². The SMILES string of the molecule is O=C(O)CCN(C(=O)c1ccc2c(c1)CNC2)C1CC1. The first-order valence-corrected chi connectivity index (χ1v) is 7.00. The first kappa shape index (κ1) is 13.1. The van der Waals surface area contributed by atoms with Crippen molar-refractivity contribution in [3.05, 3.63) is 34.9 Å². The summed E-state index contributed by atoms with van der Waals surface area (Å²) in [6.45, 7) is 1.96. The average molecular weight is 274 g/mol. The number of nitrogens with zero attached hydrogens (tertiary/aromatic N) is 1. The number of carbonyl (C=O) groups excluding carboxylic acids is 1. The molecule has 1 aromatic carbocycles. The fourth-order valence-electron chi connectivity index (χ4n) is 2.65. The zero-order valence-electron chi connectivity index (χ0n) is 11.3. The van der Waals surface area contributed by atoms with Crippen LogP contribution in [0, 0.1) is 0 Å². The number of carboxylic acids is 1. The third-order valence-corrected chi connectivity index (χ3v) is 3.90. The molecule has 1 saturated carbocycles. The quantitative estimate of drug-likeness (QED) is 0.851. The fourth-order valence-corrected chi connectivity index (χ4v) is 2.65. The summed E-state index contributed by atoms with van der Waals surface area (Å²) in [6, 6.07) is 6.01. The molecule has 0 aromatic heterocycles. The standard InChI is InChI=1S/C15H18N2O3/c18-14(19)5-6-17(13-3-4-13)15(20)10-1-2-11-8-16-9-12(11)7-10/h1-2,7,13,16H,3-6,8-9H2,(H,18,19). The van der Waals surface area contributed by atoms with Crippen LogP contribution in [0.3, 0.4) is 0 Å². The normalized spacial score (nSPS) is 16.8. The Balaban J connectivity index is 1.76. The number of rotatable bonds is 5. The van der Waals surface area contributed by atoms with E-state index in [0.29, 0.717) is 12.1 Å². The topological polar surface area (TPSA) is 69.6 Å². The molecule has 2 aliphatic rings. The number of carboxylic acid groups (broad SMARTS) is 1. The molecule has 1 aliphatic carbocycles. The molecule has 5 heteroatoms. The summed E-state index contributed by atoms with van der Waals surface area (Å²) in [5.41, 5.74) is 3.08. The summed E-state index contributed by atoms with van der Waals surface area (Å²) in [4.78, 5) is 25.0. The van der Waals surface area contributed by atoms with Gasteiger partial charge >= 0.3 is 5.97 Å². The zero-order valence-corrected chi connectivity index (χ0v) is 11.3. The van der Waals surface area contributed by atoms with Crippen molar-refractivity contribution in [2.75, 3.05) is 6.54 Å². The Bertz CT molecular complexity index is 552. The Labute approximate surface area is 117 Å². The van der Waals surface area contributed by atoms with Crippen LogP contribution in [0.15, 0.2) is 18.2 Å². The molecular formula is C15H18N2O3. The van der Waals surface area contributed by atoms with Crippen LogP contribution in [0.5, 0.6) is 0 Å². The van der Waals surface area contributed by atoms with Crippen molar-refractivity contribution in [2.24, 2.45) is 0 Å². The van der Waals surface area contributed by atoms with Crippen LogP contribution in [-0.4, -0.2) is 34.5 Å². The number of hydrogen-bond acceptors (Lipinski definition) is 3. The van der Waals surface area contributed by atoms with Crippen LogP contribution in [0.4, 0.5) is 0 Å². The van der Waals surface area contributed by atoms with E-state index in [2.05, 4.69) is 5.32 Å². The summed E-state index contributed by atoms with van der Waals surface area (Å²) in [6.07, 6.45) is 1.98. The second kappa shape index (κ2) is 5.25. The Kier molecular flexibility index (Phi) is 3.44. The van der Waals surface area contributed by atoms with Gasteiger partial charge in [-0.1, -0.05) is 6.07 Å². The lowest BCUT2D eigenvalue weighted by molar-refractivity contribution is -0.137. The van der Waals surface area contributed by atoms with Gasteiger partial charge in [-0.2, -0.15) is 0 Å². The van der Waals surface area contributed by atoms with Gasteiger partial charge in [0.25, 0.3) is 5.91 Å². The Morgan fingerprint density at radius 2 is 2.00 bits per heavy atom. The highest BCUT2D eigenvalue weighted by Crippen LogP contribution is 2.29. The second-order valence-electron chi connectivity index (χ2n) is 5.46. The van der Waals surface area contributed by atoms with E-state index in [4.69, 9.17) is 5.11 Å². The third kappa shape index (κ3) is 2.67. The monoisotopic (exact) mass is 274 g/mol. The molecule has 0 atom stereocenters. The predicted octanol–water partition coefficient (Wildman–Crippen LogP) is 1.37. The average Bonchev–Trinajstić information content (AvgIpc) is 3.15. The highest BCUT2D eigenvalue weighted by molar-refractivity contribution is 5.95. The predicted molar refractivity (Wildman–Crippen MR) is 73.3 cm³/mol. The van der Waals surface area contributed by atoms with E-state index < -0.39 is 5.97 Å². The van der Waals surface area contributed by atoms with Crippen LogP contribution >= 0.6 is 0 Å². The minimum atomic E-state index is -0.860. The van der Waals surface area contributed by atoms with Gasteiger partial charge in [-0.25, -0.2) is 0 Å². The Hall–Kier alpha value is -1.88. The number of hydrogen-bond donors (Lipinski definition) is 2. The molecule has 1 amide bonds. The molecule has 3 rings (SSSR count). The fraction of sp³-hybridized carbons (Fsp3) is 0.467.